The summed E-state index contributed by atoms with van der Waals surface area (Å²) in [5.41, 5.74) is 0. The maximum absolute atomic E-state index is 9.30. The van der Waals surface area contributed by atoms with Crippen molar-refractivity contribution in [2.75, 3.05) is 0 Å². The van der Waals surface area contributed by atoms with Crippen LogP contribution in [-0.2, 0) is 0 Å². The molecule has 0 bridgehead atoms. The van der Waals surface area contributed by atoms with Crippen LogP contribution in [0.1, 0.15) is 58.3 Å². The zero-order chi connectivity index (χ0) is 10.8. The van der Waals surface area contributed by atoms with Crippen molar-refractivity contribution in [2.45, 2.75) is 64.4 Å². The molecule has 0 atom stereocenters. The Morgan fingerprint density at radius 2 is 1.71 bits per heavy atom. The molecule has 0 aromatic heterocycles. The van der Waals surface area contributed by atoms with E-state index in [0.717, 1.165) is 18.8 Å². The van der Waals surface area contributed by atoms with Crippen LogP contribution in [0.15, 0.2) is 0 Å². The lowest BCUT2D eigenvalue weighted by Crippen LogP contribution is -2.17. The topological polar surface area (TPSA) is 44.0 Å². The molecule has 0 saturated heterocycles. The Balaban J connectivity index is 0.000000791. The van der Waals surface area contributed by atoms with Crippen LogP contribution in [0.25, 0.3) is 0 Å². The molecule has 0 aromatic rings. The lowest BCUT2D eigenvalue weighted by atomic mass is 9.84. The molecule has 2 nitrogen and oxygen atoms in total. The fraction of sp³-hybridized carbons (Fsp3) is 0.917. The van der Waals surface area contributed by atoms with Crippen molar-refractivity contribution >= 4 is 0 Å². The third-order valence-corrected chi connectivity index (χ3v) is 3.03. The molecule has 0 spiro atoms. The predicted octanol–water partition coefficient (Wildman–Crippen LogP) is 3.26. The number of unbranched alkanes of at least 4 members (excludes halogenated alkanes) is 2. The van der Waals surface area contributed by atoms with E-state index in [9.17, 15) is 5.11 Å². The third kappa shape index (κ3) is 5.99. The monoisotopic (exact) mass is 197 g/mol. The normalized spacial score (nSPS) is 26.3. The smallest absolute Gasteiger partial charge is 0.0540 e. The molecule has 0 unspecified atom stereocenters. The first-order valence-corrected chi connectivity index (χ1v) is 5.76. The molecule has 0 aliphatic heterocycles. The highest BCUT2D eigenvalue weighted by Gasteiger charge is 2.18. The van der Waals surface area contributed by atoms with Gasteiger partial charge in [-0.15, -0.1) is 0 Å². The van der Waals surface area contributed by atoms with Crippen LogP contribution < -0.4 is 0 Å². The van der Waals surface area contributed by atoms with Gasteiger partial charge in [0.2, 0.25) is 0 Å². The van der Waals surface area contributed by atoms with Crippen LogP contribution in [0.2, 0.25) is 0 Å². The van der Waals surface area contributed by atoms with Gasteiger partial charge < -0.3 is 5.11 Å². The van der Waals surface area contributed by atoms with E-state index in [1.54, 1.807) is 0 Å². The minimum Gasteiger partial charge on any atom is -0.393 e. The second-order valence-corrected chi connectivity index (χ2v) is 4.17. The van der Waals surface area contributed by atoms with Gasteiger partial charge >= 0.3 is 0 Å². The van der Waals surface area contributed by atoms with Crippen molar-refractivity contribution in [1.82, 2.24) is 0 Å². The number of hydrogen-bond acceptors (Lipinski definition) is 2. The minimum atomic E-state index is 0.0208. The van der Waals surface area contributed by atoms with E-state index in [2.05, 4.69) is 13.5 Å². The fourth-order valence-electron chi connectivity index (χ4n) is 2.12. The van der Waals surface area contributed by atoms with Crippen molar-refractivity contribution in [3.8, 4) is 6.57 Å². The Morgan fingerprint density at radius 3 is 2.21 bits per heavy atom. The van der Waals surface area contributed by atoms with Crippen LogP contribution in [0.4, 0.5) is 0 Å². The Kier molecular flexibility index (Phi) is 8.67. The largest absolute Gasteiger partial charge is 0.393 e. The van der Waals surface area contributed by atoms with Crippen molar-refractivity contribution in [3.05, 3.63) is 0 Å². The molecule has 2 heteroatoms. The summed E-state index contributed by atoms with van der Waals surface area (Å²) >= 11 is 0. The van der Waals surface area contributed by atoms with Gasteiger partial charge in [-0.05, 0) is 31.6 Å². The van der Waals surface area contributed by atoms with E-state index in [1.165, 1.54) is 38.5 Å². The van der Waals surface area contributed by atoms with E-state index in [1.807, 2.05) is 0 Å². The highest BCUT2D eigenvalue weighted by molar-refractivity contribution is 4.71. The van der Waals surface area contributed by atoms with Gasteiger partial charge in [-0.25, -0.2) is 5.26 Å². The fourth-order valence-corrected chi connectivity index (χ4v) is 2.12. The average Bonchev–Trinajstić information content (AvgIpc) is 2.24. The van der Waals surface area contributed by atoms with Gasteiger partial charge in [-0.1, -0.05) is 32.6 Å². The molecular formula is C12H23NO. The van der Waals surface area contributed by atoms with Crippen LogP contribution in [0.5, 0.6) is 0 Å². The Hall–Kier alpha value is -0.550. The molecule has 0 heterocycles. The number of hydrogen-bond donors (Lipinski definition) is 1. The third-order valence-electron chi connectivity index (χ3n) is 3.03. The van der Waals surface area contributed by atoms with Crippen LogP contribution in [0, 0.1) is 17.8 Å². The first-order chi connectivity index (χ1) is 6.83. The molecule has 1 saturated carbocycles. The zero-order valence-corrected chi connectivity index (χ0v) is 9.28. The van der Waals surface area contributed by atoms with Gasteiger partial charge in [0, 0.05) is 6.57 Å². The van der Waals surface area contributed by atoms with Gasteiger partial charge in [0.05, 0.1) is 6.10 Å². The van der Waals surface area contributed by atoms with E-state index in [0.29, 0.717) is 0 Å². The van der Waals surface area contributed by atoms with E-state index >= 15 is 0 Å². The van der Waals surface area contributed by atoms with Crippen LogP contribution in [0.3, 0.4) is 0 Å². The van der Waals surface area contributed by atoms with Crippen molar-refractivity contribution in [3.63, 3.8) is 0 Å². The summed E-state index contributed by atoms with van der Waals surface area (Å²) in [6, 6.07) is 0. The first-order valence-electron chi connectivity index (χ1n) is 5.76. The highest BCUT2D eigenvalue weighted by Crippen LogP contribution is 2.28. The molecule has 0 radical (unpaired) electrons. The first kappa shape index (κ1) is 13.4. The van der Waals surface area contributed by atoms with Gasteiger partial charge in [0.25, 0.3) is 0 Å². The predicted molar refractivity (Wildman–Crippen MR) is 58.8 cm³/mol. The van der Waals surface area contributed by atoms with Crippen molar-refractivity contribution in [2.24, 2.45) is 5.92 Å². The van der Waals surface area contributed by atoms with E-state index in [-0.39, 0.29) is 6.10 Å². The van der Waals surface area contributed by atoms with Crippen LogP contribution in [-0.4, -0.2) is 11.2 Å². The Labute approximate surface area is 87.9 Å². The molecule has 1 fully saturated rings. The summed E-state index contributed by atoms with van der Waals surface area (Å²) < 4.78 is 0. The lowest BCUT2D eigenvalue weighted by Gasteiger charge is -2.25. The van der Waals surface area contributed by atoms with Gasteiger partial charge in [0.15, 0.2) is 0 Å². The van der Waals surface area contributed by atoms with Gasteiger partial charge in [0.1, 0.15) is 0 Å². The summed E-state index contributed by atoms with van der Waals surface area (Å²) in [6.45, 7) is 5.75. The second-order valence-electron chi connectivity index (χ2n) is 4.17. The van der Waals surface area contributed by atoms with E-state index < -0.39 is 0 Å². The lowest BCUT2D eigenvalue weighted by molar-refractivity contribution is 0.106. The molecule has 14 heavy (non-hydrogen) atoms. The molecule has 1 rings (SSSR count). The molecule has 1 N–H and O–H groups in total. The number of aliphatic hydroxyl groups is 1. The Bertz CT molecular complexity index is 137. The minimum absolute atomic E-state index is 0.0208. The van der Waals surface area contributed by atoms with Gasteiger partial charge in [-0.3, -0.25) is 0 Å². The average molecular weight is 197 g/mol. The summed E-state index contributed by atoms with van der Waals surface area (Å²) in [5.74, 6) is 0.931. The van der Waals surface area contributed by atoms with Crippen molar-refractivity contribution in [1.29, 1.82) is 5.26 Å². The van der Waals surface area contributed by atoms with Crippen LogP contribution >= 0.6 is 0 Å². The summed E-state index contributed by atoms with van der Waals surface area (Å²) in [7, 11) is 0. The maximum Gasteiger partial charge on any atom is 0.0540 e. The second kappa shape index (κ2) is 9.02. The maximum atomic E-state index is 9.30. The quantitative estimate of drug-likeness (QED) is 0.703. The Morgan fingerprint density at radius 1 is 1.14 bits per heavy atom. The SMILES string of the molecule is C#N.CCCCCC1CCC(O)CC1. The number of nitrogens with zero attached hydrogens (tertiary/aromatic N) is 1. The molecule has 1 aliphatic carbocycles. The molecular weight excluding hydrogens is 174 g/mol. The number of nitriles is 1. The number of aliphatic hydroxyl groups excluding tert-OH is 1. The standard InChI is InChI=1S/C11H22O.CHN/c1-2-3-4-5-10-6-8-11(12)9-7-10;1-2/h10-12H,2-9H2,1H3;1H. The summed E-state index contributed by atoms with van der Waals surface area (Å²) in [4.78, 5) is 0. The van der Waals surface area contributed by atoms with E-state index in [4.69, 9.17) is 5.26 Å². The number of rotatable bonds is 4. The summed E-state index contributed by atoms with van der Waals surface area (Å²) in [6.07, 6.45) is 10.2. The molecule has 0 amide bonds. The molecule has 1 aliphatic rings. The zero-order valence-electron chi connectivity index (χ0n) is 9.28. The van der Waals surface area contributed by atoms with Crippen molar-refractivity contribution < 1.29 is 5.11 Å². The summed E-state index contributed by atoms with van der Waals surface area (Å²) in [5, 5.41) is 15.8. The van der Waals surface area contributed by atoms with Gasteiger partial charge in [-0.2, -0.15) is 0 Å². The molecule has 0 aromatic carbocycles. The molecule has 82 valence electrons. The highest BCUT2D eigenvalue weighted by atomic mass is 16.3.